The van der Waals surface area contributed by atoms with Gasteiger partial charge < -0.3 is 9.84 Å². The number of nitrogens with one attached hydrogen (secondary N) is 1. The van der Waals surface area contributed by atoms with E-state index in [1.807, 2.05) is 0 Å². The Kier molecular flexibility index (Phi) is 5.20. The third-order valence-electron chi connectivity index (χ3n) is 3.00. The van der Waals surface area contributed by atoms with Crippen LogP contribution in [0.3, 0.4) is 0 Å². The molecular weight excluding hydrogens is 283 g/mol. The molecule has 7 nitrogen and oxygen atoms in total. The first-order valence-electron chi connectivity index (χ1n) is 6.27. The van der Waals surface area contributed by atoms with Crippen LogP contribution in [-0.2, 0) is 4.79 Å². The minimum absolute atomic E-state index is 0.219. The number of likely N-dealkylation sites (N-methyl/N-ethyl adjacent to an activating group) is 1. The van der Waals surface area contributed by atoms with Crippen LogP contribution in [0.4, 0.5) is 10.1 Å². The van der Waals surface area contributed by atoms with Gasteiger partial charge >= 0.3 is 5.97 Å². The van der Waals surface area contributed by atoms with Crippen molar-refractivity contribution in [1.29, 1.82) is 0 Å². The highest BCUT2D eigenvalue weighted by atomic mass is 19.1. The van der Waals surface area contributed by atoms with Crippen molar-refractivity contribution in [2.75, 3.05) is 13.2 Å². The number of aliphatic carboxylic acids is 1. The fraction of sp³-hybridized carbons (Fsp3) is 0.462. The summed E-state index contributed by atoms with van der Waals surface area (Å²) in [7, 11) is 0. The number of carboxylic acid groups (broad SMARTS) is 1. The van der Waals surface area contributed by atoms with Crippen LogP contribution in [0, 0.1) is 22.9 Å². The lowest BCUT2D eigenvalue weighted by atomic mass is 10.0. The molecule has 21 heavy (non-hydrogen) atoms. The minimum Gasteiger partial charge on any atom is -0.488 e. The van der Waals surface area contributed by atoms with E-state index >= 15 is 0 Å². The van der Waals surface area contributed by atoms with Crippen LogP contribution in [0.15, 0.2) is 12.1 Å². The van der Waals surface area contributed by atoms with Gasteiger partial charge in [0, 0.05) is 5.56 Å². The molecule has 2 N–H and O–H groups in total. The molecule has 0 amide bonds. The van der Waals surface area contributed by atoms with Crippen LogP contribution in [0.1, 0.15) is 19.4 Å². The molecule has 0 aliphatic heterocycles. The zero-order valence-electron chi connectivity index (χ0n) is 12.0. The number of nitrogens with zero attached hydrogens (tertiary/aromatic N) is 1. The second-order valence-corrected chi connectivity index (χ2v) is 4.78. The highest BCUT2D eigenvalue weighted by Gasteiger charge is 2.33. The van der Waals surface area contributed by atoms with E-state index in [0.717, 1.165) is 6.07 Å². The molecule has 8 heteroatoms. The van der Waals surface area contributed by atoms with Gasteiger partial charge in [0.25, 0.3) is 5.69 Å². The van der Waals surface area contributed by atoms with E-state index in [9.17, 15) is 19.3 Å². The van der Waals surface area contributed by atoms with Crippen LogP contribution in [0.2, 0.25) is 0 Å². The maximum absolute atomic E-state index is 13.8. The number of hydrogen-bond acceptors (Lipinski definition) is 5. The Morgan fingerprint density at radius 3 is 2.67 bits per heavy atom. The van der Waals surface area contributed by atoms with Crippen molar-refractivity contribution in [3.8, 4) is 5.75 Å². The molecule has 0 bridgehead atoms. The lowest BCUT2D eigenvalue weighted by Crippen LogP contribution is -2.53. The van der Waals surface area contributed by atoms with Crippen molar-refractivity contribution in [2.45, 2.75) is 26.3 Å². The zero-order valence-corrected chi connectivity index (χ0v) is 12.0. The Balaban J connectivity index is 2.96. The summed E-state index contributed by atoms with van der Waals surface area (Å²) < 4.78 is 18.9. The van der Waals surface area contributed by atoms with Gasteiger partial charge in [0.15, 0.2) is 11.6 Å². The van der Waals surface area contributed by atoms with Gasteiger partial charge in [-0.1, -0.05) is 6.92 Å². The molecule has 0 aromatic heterocycles. The summed E-state index contributed by atoms with van der Waals surface area (Å²) in [5.74, 6) is -2.26. The quantitative estimate of drug-likeness (QED) is 0.589. The number of carbonyl (C=O) groups is 1. The predicted molar refractivity (Wildman–Crippen MR) is 73.0 cm³/mol. The van der Waals surface area contributed by atoms with E-state index in [4.69, 9.17) is 9.84 Å². The molecule has 0 radical (unpaired) electrons. The number of nitro benzene ring substituents is 1. The highest BCUT2D eigenvalue weighted by Crippen LogP contribution is 2.27. The first-order chi connectivity index (χ1) is 9.71. The van der Waals surface area contributed by atoms with Crippen molar-refractivity contribution in [3.63, 3.8) is 0 Å². The second kappa shape index (κ2) is 6.49. The van der Waals surface area contributed by atoms with Crippen LogP contribution < -0.4 is 10.1 Å². The largest absolute Gasteiger partial charge is 0.488 e. The Bertz CT molecular complexity index is 564. The van der Waals surface area contributed by atoms with E-state index in [2.05, 4.69) is 5.32 Å². The zero-order chi connectivity index (χ0) is 16.2. The van der Waals surface area contributed by atoms with Gasteiger partial charge in [0.05, 0.1) is 11.0 Å². The minimum atomic E-state index is -1.38. The van der Waals surface area contributed by atoms with Crippen LogP contribution in [0.5, 0.6) is 5.75 Å². The summed E-state index contributed by atoms with van der Waals surface area (Å²) >= 11 is 0. The first kappa shape index (κ1) is 16.8. The fourth-order valence-electron chi connectivity index (χ4n) is 1.75. The number of hydrogen-bond donors (Lipinski definition) is 2. The standard InChI is InChI=1S/C13H17FN2O5/c1-4-15-13(3,12(17)18)7-21-11-5-8(2)10(16(19)20)6-9(11)14/h5-6,15H,4,7H2,1-3H3,(H,17,18). The summed E-state index contributed by atoms with van der Waals surface area (Å²) in [6.45, 7) is 4.68. The lowest BCUT2D eigenvalue weighted by molar-refractivity contribution is -0.385. The van der Waals surface area contributed by atoms with Gasteiger partial charge in [-0.3, -0.25) is 20.2 Å². The molecule has 1 aromatic carbocycles. The van der Waals surface area contributed by atoms with Gasteiger partial charge in [0.2, 0.25) is 0 Å². The molecule has 1 rings (SSSR count). The van der Waals surface area contributed by atoms with Crippen molar-refractivity contribution < 1.29 is 24.0 Å². The highest BCUT2D eigenvalue weighted by molar-refractivity contribution is 5.78. The van der Waals surface area contributed by atoms with Crippen molar-refractivity contribution >= 4 is 11.7 Å². The number of carboxylic acids is 1. The molecule has 116 valence electrons. The molecule has 0 saturated carbocycles. The van der Waals surface area contributed by atoms with E-state index in [0.29, 0.717) is 6.54 Å². The number of halogens is 1. The van der Waals surface area contributed by atoms with Crippen molar-refractivity contribution in [2.24, 2.45) is 0 Å². The van der Waals surface area contributed by atoms with Gasteiger partial charge in [-0.05, 0) is 26.5 Å². The van der Waals surface area contributed by atoms with Gasteiger partial charge in [-0.15, -0.1) is 0 Å². The molecular formula is C13H17FN2O5. The second-order valence-electron chi connectivity index (χ2n) is 4.78. The molecule has 0 fully saturated rings. The number of ether oxygens (including phenoxy) is 1. The van der Waals surface area contributed by atoms with Gasteiger partial charge in [0.1, 0.15) is 12.1 Å². The van der Waals surface area contributed by atoms with E-state index in [1.165, 1.54) is 19.9 Å². The Morgan fingerprint density at radius 1 is 1.57 bits per heavy atom. The monoisotopic (exact) mass is 300 g/mol. The average molecular weight is 300 g/mol. The topological polar surface area (TPSA) is 102 Å². The normalized spacial score (nSPS) is 13.5. The molecule has 0 aliphatic carbocycles. The van der Waals surface area contributed by atoms with Crippen LogP contribution in [-0.4, -0.2) is 34.7 Å². The predicted octanol–water partition coefficient (Wildman–Crippen LogP) is 1.87. The SMILES string of the molecule is CCNC(C)(COc1cc(C)c([N+](=O)[O-])cc1F)C(=O)O. The molecule has 0 aliphatic rings. The molecule has 1 unspecified atom stereocenters. The Labute approximate surface area is 120 Å². The maximum atomic E-state index is 13.8. The Hall–Kier alpha value is -2.22. The van der Waals surface area contributed by atoms with Gasteiger partial charge in [-0.25, -0.2) is 4.39 Å². The summed E-state index contributed by atoms with van der Waals surface area (Å²) in [5.41, 5.74) is -1.50. The Morgan fingerprint density at radius 2 is 2.19 bits per heavy atom. The first-order valence-corrected chi connectivity index (χ1v) is 6.27. The number of aryl methyl sites for hydroxylation is 1. The van der Waals surface area contributed by atoms with E-state index < -0.39 is 22.2 Å². The molecule has 0 spiro atoms. The summed E-state index contributed by atoms with van der Waals surface area (Å²) in [6.07, 6.45) is 0. The third-order valence-corrected chi connectivity index (χ3v) is 3.00. The van der Waals surface area contributed by atoms with Gasteiger partial charge in [-0.2, -0.15) is 0 Å². The summed E-state index contributed by atoms with van der Waals surface area (Å²) in [6, 6.07) is 1.94. The van der Waals surface area contributed by atoms with Crippen LogP contribution in [0.25, 0.3) is 0 Å². The third kappa shape index (κ3) is 3.88. The van der Waals surface area contributed by atoms with Crippen LogP contribution >= 0.6 is 0 Å². The molecule has 0 heterocycles. The summed E-state index contributed by atoms with van der Waals surface area (Å²) in [5, 5.41) is 22.6. The molecule has 1 aromatic rings. The molecule has 1 atom stereocenters. The number of rotatable bonds is 7. The number of benzene rings is 1. The smallest absolute Gasteiger partial charge is 0.327 e. The summed E-state index contributed by atoms with van der Waals surface area (Å²) in [4.78, 5) is 21.2. The number of nitro groups is 1. The maximum Gasteiger partial charge on any atom is 0.327 e. The molecule has 0 saturated heterocycles. The van der Waals surface area contributed by atoms with E-state index in [1.54, 1.807) is 6.92 Å². The van der Waals surface area contributed by atoms with E-state index in [-0.39, 0.29) is 23.6 Å². The fourth-order valence-corrected chi connectivity index (χ4v) is 1.75. The average Bonchev–Trinajstić information content (AvgIpc) is 2.39. The van der Waals surface area contributed by atoms with Crippen molar-refractivity contribution in [3.05, 3.63) is 33.6 Å². The van der Waals surface area contributed by atoms with Crippen molar-refractivity contribution in [1.82, 2.24) is 5.32 Å². The lowest BCUT2D eigenvalue weighted by Gasteiger charge is -2.25.